The zero-order valence-corrected chi connectivity index (χ0v) is 12.5. The number of nitriles is 1. The number of nitrogens with one attached hydrogen (secondary N) is 1. The summed E-state index contributed by atoms with van der Waals surface area (Å²) in [6, 6.07) is 6.78. The third-order valence-electron chi connectivity index (χ3n) is 3.78. The average molecular weight is 292 g/mol. The van der Waals surface area contributed by atoms with E-state index in [1.807, 2.05) is 6.07 Å². The van der Waals surface area contributed by atoms with E-state index in [-0.39, 0.29) is 10.9 Å². The molecule has 1 N–H and O–H groups in total. The number of rotatable bonds is 3. The molecule has 5 heteroatoms. The minimum Gasteiger partial charge on any atom is -0.208 e. The lowest BCUT2D eigenvalue weighted by Crippen LogP contribution is -2.34. The first kappa shape index (κ1) is 15.0. The maximum atomic E-state index is 12.5. The molecular weight excluding hydrogens is 272 g/mol. The second-order valence-electron chi connectivity index (χ2n) is 5.40. The molecule has 1 aliphatic rings. The lowest BCUT2D eigenvalue weighted by molar-refractivity contribution is 0.509. The zero-order valence-electron chi connectivity index (χ0n) is 11.7. The van der Waals surface area contributed by atoms with Crippen molar-refractivity contribution in [1.29, 1.82) is 5.26 Å². The first-order valence-corrected chi connectivity index (χ1v) is 8.54. The van der Waals surface area contributed by atoms with Crippen LogP contribution in [0.15, 0.2) is 23.1 Å². The Morgan fingerprint density at radius 1 is 1.20 bits per heavy atom. The summed E-state index contributed by atoms with van der Waals surface area (Å²) in [5.74, 6) is 0. The summed E-state index contributed by atoms with van der Waals surface area (Å²) < 4.78 is 27.8. The van der Waals surface area contributed by atoms with Crippen LogP contribution in [0.3, 0.4) is 0 Å². The Hall–Kier alpha value is -1.38. The highest BCUT2D eigenvalue weighted by Crippen LogP contribution is 2.21. The fraction of sp³-hybridized carbons (Fsp3) is 0.533. The maximum Gasteiger partial charge on any atom is 0.241 e. The van der Waals surface area contributed by atoms with Crippen molar-refractivity contribution in [3.05, 3.63) is 29.3 Å². The summed E-state index contributed by atoms with van der Waals surface area (Å²) in [6.45, 7) is 1.75. The molecule has 0 unspecified atom stereocenters. The highest BCUT2D eigenvalue weighted by molar-refractivity contribution is 7.89. The second-order valence-corrected chi connectivity index (χ2v) is 7.08. The maximum absolute atomic E-state index is 12.5. The van der Waals surface area contributed by atoms with E-state index in [1.54, 1.807) is 19.1 Å². The summed E-state index contributed by atoms with van der Waals surface area (Å²) in [7, 11) is -3.54. The minimum atomic E-state index is -3.54. The van der Waals surface area contributed by atoms with Gasteiger partial charge in [0.2, 0.25) is 10.0 Å². The standard InChI is InChI=1S/C15H20N2O2S/c1-12-8-9-13(11-16)10-15(12)20(18,19)17-14-6-4-2-3-5-7-14/h8-10,14,17H,2-7H2,1H3. The fourth-order valence-corrected chi connectivity index (χ4v) is 4.21. The molecule has 2 rings (SSSR count). The van der Waals surface area contributed by atoms with Gasteiger partial charge in [0.1, 0.15) is 0 Å². The number of nitrogens with zero attached hydrogens (tertiary/aromatic N) is 1. The van der Waals surface area contributed by atoms with Crippen LogP contribution in [0.25, 0.3) is 0 Å². The van der Waals surface area contributed by atoms with Crippen LogP contribution in [-0.2, 0) is 10.0 Å². The van der Waals surface area contributed by atoms with Crippen molar-refractivity contribution >= 4 is 10.0 Å². The van der Waals surface area contributed by atoms with E-state index in [1.165, 1.54) is 18.9 Å². The molecule has 1 saturated carbocycles. The molecule has 4 nitrogen and oxygen atoms in total. The van der Waals surface area contributed by atoms with Crippen LogP contribution in [-0.4, -0.2) is 14.5 Å². The van der Waals surface area contributed by atoms with Gasteiger partial charge in [-0.05, 0) is 37.5 Å². The van der Waals surface area contributed by atoms with Crippen molar-refractivity contribution < 1.29 is 8.42 Å². The third-order valence-corrected chi connectivity index (χ3v) is 5.45. The summed E-state index contributed by atoms with van der Waals surface area (Å²) in [5, 5.41) is 8.91. The summed E-state index contributed by atoms with van der Waals surface area (Å²) in [4.78, 5) is 0.223. The molecule has 1 aromatic rings. The molecular formula is C15H20N2O2S. The molecule has 0 spiro atoms. The summed E-state index contributed by atoms with van der Waals surface area (Å²) in [5.41, 5.74) is 1.04. The number of sulfonamides is 1. The SMILES string of the molecule is Cc1ccc(C#N)cc1S(=O)(=O)NC1CCCCCC1. The van der Waals surface area contributed by atoms with Crippen molar-refractivity contribution in [3.63, 3.8) is 0 Å². The monoisotopic (exact) mass is 292 g/mol. The summed E-state index contributed by atoms with van der Waals surface area (Å²) >= 11 is 0. The molecule has 0 atom stereocenters. The molecule has 0 bridgehead atoms. The third kappa shape index (κ3) is 3.59. The van der Waals surface area contributed by atoms with E-state index in [2.05, 4.69) is 4.72 Å². The number of benzene rings is 1. The first-order valence-electron chi connectivity index (χ1n) is 7.06. The summed E-state index contributed by atoms with van der Waals surface area (Å²) in [6.07, 6.45) is 6.31. The van der Waals surface area contributed by atoms with Crippen LogP contribution in [0.1, 0.15) is 49.7 Å². The Labute approximate surface area is 120 Å². The van der Waals surface area contributed by atoms with Crippen molar-refractivity contribution in [2.24, 2.45) is 0 Å². The zero-order chi connectivity index (χ0) is 14.6. The van der Waals surface area contributed by atoms with E-state index in [4.69, 9.17) is 5.26 Å². The Balaban J connectivity index is 2.23. The van der Waals surface area contributed by atoms with Gasteiger partial charge in [-0.15, -0.1) is 0 Å². The number of hydrogen-bond acceptors (Lipinski definition) is 3. The van der Waals surface area contributed by atoms with Gasteiger partial charge in [0.05, 0.1) is 16.5 Å². The van der Waals surface area contributed by atoms with Gasteiger partial charge in [0.25, 0.3) is 0 Å². The Kier molecular flexibility index (Phi) is 4.79. The van der Waals surface area contributed by atoms with Gasteiger partial charge in [0.15, 0.2) is 0 Å². The van der Waals surface area contributed by atoms with E-state index in [9.17, 15) is 8.42 Å². The molecule has 20 heavy (non-hydrogen) atoms. The molecule has 0 aromatic heterocycles. The van der Waals surface area contributed by atoms with Gasteiger partial charge in [-0.25, -0.2) is 13.1 Å². The van der Waals surface area contributed by atoms with E-state index in [0.717, 1.165) is 25.7 Å². The van der Waals surface area contributed by atoms with Crippen LogP contribution in [0.2, 0.25) is 0 Å². The van der Waals surface area contributed by atoms with Crippen molar-refractivity contribution in [2.75, 3.05) is 0 Å². The first-order chi connectivity index (χ1) is 9.53. The number of hydrogen-bond donors (Lipinski definition) is 1. The van der Waals surface area contributed by atoms with Gasteiger partial charge >= 0.3 is 0 Å². The van der Waals surface area contributed by atoms with Gasteiger partial charge in [-0.1, -0.05) is 31.7 Å². The lowest BCUT2D eigenvalue weighted by atomic mass is 10.1. The fourth-order valence-electron chi connectivity index (χ4n) is 2.64. The predicted octanol–water partition coefficient (Wildman–Crippen LogP) is 2.87. The van der Waals surface area contributed by atoms with E-state index in [0.29, 0.717) is 11.1 Å². The van der Waals surface area contributed by atoms with Crippen molar-refractivity contribution in [1.82, 2.24) is 4.72 Å². The second kappa shape index (κ2) is 6.38. The molecule has 0 amide bonds. The van der Waals surface area contributed by atoms with Crippen LogP contribution in [0, 0.1) is 18.3 Å². The number of aryl methyl sites for hydroxylation is 1. The van der Waals surface area contributed by atoms with Crippen LogP contribution < -0.4 is 4.72 Å². The van der Waals surface area contributed by atoms with Crippen LogP contribution in [0.4, 0.5) is 0 Å². The Morgan fingerprint density at radius 3 is 2.45 bits per heavy atom. The molecule has 1 aromatic carbocycles. The highest BCUT2D eigenvalue weighted by atomic mass is 32.2. The predicted molar refractivity (Wildman–Crippen MR) is 77.7 cm³/mol. The van der Waals surface area contributed by atoms with Crippen molar-refractivity contribution in [3.8, 4) is 6.07 Å². The molecule has 0 radical (unpaired) electrons. The van der Waals surface area contributed by atoms with E-state index < -0.39 is 10.0 Å². The van der Waals surface area contributed by atoms with Crippen LogP contribution >= 0.6 is 0 Å². The average Bonchev–Trinajstić information content (AvgIpc) is 2.67. The van der Waals surface area contributed by atoms with Gasteiger partial charge < -0.3 is 0 Å². The minimum absolute atomic E-state index is 0.0210. The molecule has 1 aliphatic carbocycles. The molecule has 0 saturated heterocycles. The molecule has 1 fully saturated rings. The van der Waals surface area contributed by atoms with Crippen molar-refractivity contribution in [2.45, 2.75) is 56.4 Å². The van der Waals surface area contributed by atoms with Gasteiger partial charge in [0, 0.05) is 6.04 Å². The Bertz CT molecular complexity index is 609. The normalized spacial score (nSPS) is 17.4. The quantitative estimate of drug-likeness (QED) is 0.871. The van der Waals surface area contributed by atoms with Crippen LogP contribution in [0.5, 0.6) is 0 Å². The molecule has 0 aliphatic heterocycles. The topological polar surface area (TPSA) is 70.0 Å². The molecule has 108 valence electrons. The molecule has 0 heterocycles. The highest BCUT2D eigenvalue weighted by Gasteiger charge is 2.22. The van der Waals surface area contributed by atoms with Gasteiger partial charge in [-0.3, -0.25) is 0 Å². The lowest BCUT2D eigenvalue weighted by Gasteiger charge is -2.17. The Morgan fingerprint density at radius 2 is 1.85 bits per heavy atom. The van der Waals surface area contributed by atoms with Gasteiger partial charge in [-0.2, -0.15) is 5.26 Å². The van der Waals surface area contributed by atoms with E-state index >= 15 is 0 Å². The largest absolute Gasteiger partial charge is 0.241 e. The smallest absolute Gasteiger partial charge is 0.208 e.